The van der Waals surface area contributed by atoms with E-state index in [0.29, 0.717) is 18.0 Å². The predicted octanol–water partition coefficient (Wildman–Crippen LogP) is 0.291. The molecule has 0 bridgehead atoms. The number of nitrogens with one attached hydrogen (secondary N) is 2. The first-order valence-corrected chi connectivity index (χ1v) is 10.2. The summed E-state index contributed by atoms with van der Waals surface area (Å²) in [5.74, 6) is -0.550. The molecular formula is C20H21FIN4O2+. The highest BCUT2D eigenvalue weighted by atomic mass is 127. The first-order chi connectivity index (χ1) is 13.4. The number of benzene rings is 2. The Bertz CT molecular complexity index is 1060. The smallest absolute Gasteiger partial charge is 0.296 e. The standard InChI is InChI=1S/C20H20FIN4O2/c1-11-7-13(22)5-6-15(11)24-18-14(20(27)25-28-9-12-3-4-12)8-16-19(17(18)21)23-10-26(16)2/h5-8,10,12,22H,3-4,9H2,1-2H3,(H-,24,25,27)/p+1. The van der Waals surface area contributed by atoms with Crippen molar-refractivity contribution in [2.75, 3.05) is 11.9 Å². The highest BCUT2D eigenvalue weighted by molar-refractivity contribution is 6.04. The van der Waals surface area contributed by atoms with Gasteiger partial charge in [-0.2, -0.15) is 0 Å². The van der Waals surface area contributed by atoms with E-state index in [1.165, 1.54) is 6.33 Å². The van der Waals surface area contributed by atoms with E-state index in [9.17, 15) is 4.79 Å². The Morgan fingerprint density at radius 1 is 1.39 bits per heavy atom. The Hall–Kier alpha value is -2.20. The number of amides is 1. The fourth-order valence-electron chi connectivity index (χ4n) is 3.00. The normalized spacial score (nSPS) is 13.7. The summed E-state index contributed by atoms with van der Waals surface area (Å²) in [5.41, 5.74) is 5.15. The monoisotopic (exact) mass is 495 g/mol. The minimum atomic E-state index is -0.564. The third-order valence-electron chi connectivity index (χ3n) is 4.84. The number of carbonyl (C=O) groups excluding carboxylic acids is 1. The molecule has 1 aliphatic carbocycles. The second-order valence-corrected chi connectivity index (χ2v) is 8.47. The van der Waals surface area contributed by atoms with Gasteiger partial charge in [-0.25, -0.2) is 14.9 Å². The van der Waals surface area contributed by atoms with Gasteiger partial charge in [0.15, 0.2) is 9.39 Å². The molecule has 146 valence electrons. The lowest BCUT2D eigenvalue weighted by Crippen LogP contribution is -3.34. The molecule has 2 N–H and O–H groups in total. The zero-order valence-corrected chi connectivity index (χ0v) is 17.9. The molecule has 1 fully saturated rings. The van der Waals surface area contributed by atoms with Crippen molar-refractivity contribution in [3.63, 3.8) is 0 Å². The Kier molecular flexibility index (Phi) is 5.24. The summed E-state index contributed by atoms with van der Waals surface area (Å²) in [6.45, 7) is 2.41. The van der Waals surface area contributed by atoms with Crippen molar-refractivity contribution < 1.29 is 36.6 Å². The van der Waals surface area contributed by atoms with E-state index in [1.807, 2.05) is 47.7 Å². The maximum atomic E-state index is 15.3. The fourth-order valence-corrected chi connectivity index (χ4v) is 3.70. The molecule has 0 atom stereocenters. The van der Waals surface area contributed by atoms with E-state index in [1.54, 1.807) is 17.7 Å². The summed E-state index contributed by atoms with van der Waals surface area (Å²) in [7, 11) is 1.76. The van der Waals surface area contributed by atoms with E-state index < -0.39 is 11.7 Å². The van der Waals surface area contributed by atoms with E-state index >= 15 is 4.39 Å². The molecule has 1 heterocycles. The summed E-state index contributed by atoms with van der Waals surface area (Å²) in [4.78, 5) is 22.2. The lowest BCUT2D eigenvalue weighted by Gasteiger charge is -2.15. The maximum Gasteiger partial charge on any atom is 0.296 e. The third kappa shape index (κ3) is 3.83. The van der Waals surface area contributed by atoms with Gasteiger partial charge >= 0.3 is 0 Å². The van der Waals surface area contributed by atoms with Gasteiger partial charge in [-0.3, -0.25) is 9.63 Å². The van der Waals surface area contributed by atoms with Gasteiger partial charge in [-0.15, -0.1) is 0 Å². The summed E-state index contributed by atoms with van der Waals surface area (Å²) < 4.78 is 18.1. The predicted molar refractivity (Wildman–Crippen MR) is 101 cm³/mol. The van der Waals surface area contributed by atoms with Crippen LogP contribution in [-0.4, -0.2) is 22.1 Å². The first kappa shape index (κ1) is 19.1. The van der Waals surface area contributed by atoms with Crippen LogP contribution in [0.15, 0.2) is 30.6 Å². The zero-order valence-electron chi connectivity index (χ0n) is 15.6. The van der Waals surface area contributed by atoms with Crippen molar-refractivity contribution >= 4 is 28.3 Å². The number of halogens is 2. The molecule has 4 rings (SSSR count). The second-order valence-electron chi connectivity index (χ2n) is 7.12. The topological polar surface area (TPSA) is 68.2 Å². The zero-order chi connectivity index (χ0) is 19.8. The van der Waals surface area contributed by atoms with Crippen LogP contribution in [0.1, 0.15) is 28.8 Å². The van der Waals surface area contributed by atoms with Crippen LogP contribution >= 0.6 is 0 Å². The van der Waals surface area contributed by atoms with Gasteiger partial charge in [-0.05, 0) is 55.5 Å². The van der Waals surface area contributed by atoms with Gasteiger partial charge in [0, 0.05) is 12.7 Å². The number of imidazole rings is 1. The van der Waals surface area contributed by atoms with Crippen LogP contribution in [0.2, 0.25) is 0 Å². The molecule has 1 aromatic heterocycles. The van der Waals surface area contributed by atoms with Crippen LogP contribution in [-0.2, 0) is 11.9 Å². The Morgan fingerprint density at radius 3 is 2.89 bits per heavy atom. The van der Waals surface area contributed by atoms with Crippen LogP contribution in [0, 0.1) is 22.2 Å². The van der Waals surface area contributed by atoms with Crippen molar-refractivity contribution in [2.45, 2.75) is 19.8 Å². The molecule has 6 nitrogen and oxygen atoms in total. The van der Waals surface area contributed by atoms with Gasteiger partial charge < -0.3 is 9.88 Å². The molecule has 28 heavy (non-hydrogen) atoms. The van der Waals surface area contributed by atoms with Crippen molar-refractivity contribution in [1.29, 1.82) is 0 Å². The highest BCUT2D eigenvalue weighted by Gasteiger charge is 2.24. The van der Waals surface area contributed by atoms with Gasteiger partial charge in [0.05, 0.1) is 29.7 Å². The Morgan fingerprint density at radius 2 is 2.18 bits per heavy atom. The number of hydrogen-bond donors (Lipinski definition) is 2. The number of fused-ring (bicyclic) bond motifs is 1. The van der Waals surface area contributed by atoms with E-state index in [-0.39, 0.29) is 16.8 Å². The van der Waals surface area contributed by atoms with Gasteiger partial charge in [0.1, 0.15) is 5.52 Å². The lowest BCUT2D eigenvalue weighted by atomic mass is 10.1. The van der Waals surface area contributed by atoms with Crippen LogP contribution in [0.4, 0.5) is 15.8 Å². The van der Waals surface area contributed by atoms with Crippen LogP contribution in [0.5, 0.6) is 0 Å². The number of anilines is 2. The van der Waals surface area contributed by atoms with Gasteiger partial charge in [0.2, 0.25) is 0 Å². The Balaban J connectivity index is 1.73. The van der Waals surface area contributed by atoms with Gasteiger partial charge in [-0.1, -0.05) is 0 Å². The quantitative estimate of drug-likeness (QED) is 0.382. The van der Waals surface area contributed by atoms with Crippen LogP contribution < -0.4 is 33.4 Å². The number of rotatable bonds is 6. The molecule has 0 radical (unpaired) electrons. The largest absolute Gasteiger partial charge is 0.352 e. The average molecular weight is 495 g/mol. The van der Waals surface area contributed by atoms with Crippen molar-refractivity contribution in [3.8, 4) is 0 Å². The number of hydrogen-bond acceptors (Lipinski definition) is 4. The summed E-state index contributed by atoms with van der Waals surface area (Å²) in [6.07, 6.45) is 3.76. The third-order valence-corrected chi connectivity index (χ3v) is 5.57. The number of aryl methyl sites for hydroxylation is 2. The number of nitrogens with zero attached hydrogens (tertiary/aromatic N) is 2. The van der Waals surface area contributed by atoms with E-state index in [4.69, 9.17) is 4.84 Å². The Labute approximate surface area is 175 Å². The number of hydroxylamine groups is 1. The van der Waals surface area contributed by atoms with Crippen molar-refractivity contribution in [1.82, 2.24) is 15.0 Å². The lowest BCUT2D eigenvalue weighted by molar-refractivity contribution is -0.328. The van der Waals surface area contributed by atoms with Gasteiger partial charge in [0.25, 0.3) is 28.5 Å². The molecule has 1 saturated carbocycles. The molecular weight excluding hydrogens is 474 g/mol. The average Bonchev–Trinajstić information content (AvgIpc) is 3.40. The van der Waals surface area contributed by atoms with Crippen molar-refractivity contribution in [2.24, 2.45) is 13.0 Å². The second kappa shape index (κ2) is 7.67. The minimum Gasteiger partial charge on any atom is -0.352 e. The molecule has 1 aliphatic rings. The first-order valence-electron chi connectivity index (χ1n) is 9.04. The molecule has 8 heteroatoms. The highest BCUT2D eigenvalue weighted by Crippen LogP contribution is 2.32. The maximum absolute atomic E-state index is 15.3. The minimum absolute atomic E-state index is 0.0894. The molecule has 0 aliphatic heterocycles. The molecule has 0 unspecified atom stereocenters. The SMILES string of the molecule is Cc1cc([IH+])ccc1Nc1c(C(=O)NOCC2CC2)cc2c(ncn2C)c1F. The van der Waals surface area contributed by atoms with Crippen molar-refractivity contribution in [3.05, 3.63) is 51.1 Å². The molecule has 2 aromatic carbocycles. The fraction of sp³-hybridized carbons (Fsp3) is 0.300. The van der Waals surface area contributed by atoms with Crippen LogP contribution in [0.25, 0.3) is 11.0 Å². The number of aromatic nitrogens is 2. The molecule has 0 spiro atoms. The summed E-state index contributed by atoms with van der Waals surface area (Å²) in [5, 5.41) is 3.09. The van der Waals surface area contributed by atoms with Crippen LogP contribution in [0.3, 0.4) is 0 Å². The summed E-state index contributed by atoms with van der Waals surface area (Å²) >= 11 is 1.92. The number of carbonyl (C=O) groups is 1. The van der Waals surface area contributed by atoms with E-state index in [2.05, 4.69) is 15.8 Å². The molecule has 1 amide bonds. The van der Waals surface area contributed by atoms with E-state index in [0.717, 1.165) is 27.7 Å². The molecule has 3 aromatic rings. The molecule has 0 saturated heterocycles. The summed E-state index contributed by atoms with van der Waals surface area (Å²) in [6, 6.07) is 7.45.